The second kappa shape index (κ2) is 11.2. The predicted octanol–water partition coefficient (Wildman–Crippen LogP) is 8.60. The standard InChI is InChI=1S/C16H12F26N2Si/c17-5(18,7(21,22)9(25,26)11(29,30)13(33,34)15(37,38)39)1-3-45(43,44)4-2-6(19,20)8(23,24)10(27,28)12(31,32)14(35,36)16(40,41)42/h1-4,43-44H2. The zero-order chi connectivity index (χ0) is 37.3. The highest BCUT2D eigenvalue weighted by molar-refractivity contribution is 6.73. The number of halogens is 26. The third kappa shape index (κ3) is 6.57. The van der Waals surface area contributed by atoms with Crippen molar-refractivity contribution in [3.63, 3.8) is 0 Å². The van der Waals surface area contributed by atoms with E-state index in [0.29, 0.717) is 0 Å². The van der Waals surface area contributed by atoms with E-state index in [2.05, 4.69) is 0 Å². The molecule has 0 fully saturated rings. The molecule has 0 aliphatic heterocycles. The molecule has 0 heterocycles. The number of nitrogens with two attached hydrogens (primary N) is 2. The smallest absolute Gasteiger partial charge is 0.339 e. The fraction of sp³-hybridized carbons (Fsp3) is 1.00. The summed E-state index contributed by atoms with van der Waals surface area (Å²) >= 11 is 0. The molecule has 0 aromatic heterocycles. The largest absolute Gasteiger partial charge is 0.460 e. The van der Waals surface area contributed by atoms with Gasteiger partial charge in [0.2, 0.25) is 0 Å². The normalized spacial score (nSPS) is 16.8. The van der Waals surface area contributed by atoms with Gasteiger partial charge in [-0.2, -0.15) is 114 Å². The fourth-order valence-electron chi connectivity index (χ4n) is 2.82. The Morgan fingerprint density at radius 3 is 0.644 bits per heavy atom. The Morgan fingerprint density at radius 2 is 0.467 bits per heavy atom. The minimum absolute atomic E-state index is 2.44. The van der Waals surface area contributed by atoms with Gasteiger partial charge in [0, 0.05) is 12.8 Å². The molecular formula is C16H12F26N2Si. The lowest BCUT2D eigenvalue weighted by molar-refractivity contribution is -0.440. The quantitative estimate of drug-likeness (QED) is 0.138. The lowest BCUT2D eigenvalue weighted by Crippen LogP contribution is -2.70. The van der Waals surface area contributed by atoms with Crippen LogP contribution in [0.2, 0.25) is 12.1 Å². The van der Waals surface area contributed by atoms with Crippen molar-refractivity contribution in [2.75, 3.05) is 0 Å². The highest BCUT2D eigenvalue weighted by Crippen LogP contribution is 2.62. The topological polar surface area (TPSA) is 52.0 Å². The first kappa shape index (κ1) is 43.3. The van der Waals surface area contributed by atoms with Crippen LogP contribution in [0.3, 0.4) is 0 Å². The molecule has 272 valence electrons. The SMILES string of the molecule is N[Si](N)(CCC(F)(F)C(F)(F)C(F)(F)C(F)(F)C(F)(F)C(F)(F)F)CCC(F)(F)C(F)(F)C(F)(F)C(F)(F)C(F)(F)C(F)(F)F. The van der Waals surface area contributed by atoms with Crippen molar-refractivity contribution >= 4 is 8.40 Å². The van der Waals surface area contributed by atoms with Gasteiger partial charge in [0.05, 0.1) is 0 Å². The Hall–Kier alpha value is -1.68. The lowest BCUT2D eigenvalue weighted by atomic mass is 9.93. The van der Waals surface area contributed by atoms with E-state index in [1.54, 1.807) is 0 Å². The van der Waals surface area contributed by atoms with Crippen molar-refractivity contribution in [3.8, 4) is 0 Å². The van der Waals surface area contributed by atoms with Crippen LogP contribution in [-0.2, 0) is 0 Å². The highest BCUT2D eigenvalue weighted by atomic mass is 28.3. The van der Waals surface area contributed by atoms with E-state index in [9.17, 15) is 114 Å². The molecule has 0 aromatic carbocycles. The first-order valence-electron chi connectivity index (χ1n) is 10.4. The van der Waals surface area contributed by atoms with Gasteiger partial charge in [0.15, 0.2) is 8.40 Å². The lowest BCUT2D eigenvalue weighted by Gasteiger charge is -2.40. The number of hydrogen-bond acceptors (Lipinski definition) is 2. The van der Waals surface area contributed by atoms with Gasteiger partial charge in [0.1, 0.15) is 0 Å². The van der Waals surface area contributed by atoms with E-state index in [4.69, 9.17) is 10.8 Å². The molecule has 0 unspecified atom stereocenters. The molecule has 0 atom stereocenters. The molecule has 0 saturated carbocycles. The molecular weight excluding hydrogens is 742 g/mol. The maximum absolute atomic E-state index is 13.8. The van der Waals surface area contributed by atoms with Gasteiger partial charge in [0.25, 0.3) is 0 Å². The summed E-state index contributed by atoms with van der Waals surface area (Å²) in [7, 11) is -5.57. The first-order chi connectivity index (χ1) is 18.9. The second-order valence-corrected chi connectivity index (χ2v) is 12.7. The van der Waals surface area contributed by atoms with E-state index in [0.717, 1.165) is 0 Å². The Morgan fingerprint density at radius 1 is 0.289 bits per heavy atom. The molecule has 29 heteroatoms. The van der Waals surface area contributed by atoms with Crippen LogP contribution in [0.15, 0.2) is 0 Å². The molecule has 4 N–H and O–H groups in total. The summed E-state index contributed by atoms with van der Waals surface area (Å²) in [4.78, 5) is 0. The van der Waals surface area contributed by atoms with Crippen LogP contribution in [0.1, 0.15) is 12.8 Å². The summed E-state index contributed by atoms with van der Waals surface area (Å²) in [5.74, 6) is -79.4. The second-order valence-electron chi connectivity index (χ2n) is 9.23. The minimum Gasteiger partial charge on any atom is -0.339 e. The summed E-state index contributed by atoms with van der Waals surface area (Å²) < 4.78 is 340. The molecule has 0 aliphatic rings. The van der Waals surface area contributed by atoms with Crippen LogP contribution in [0.25, 0.3) is 0 Å². The van der Waals surface area contributed by atoms with Gasteiger partial charge in [-0.1, -0.05) is 0 Å². The van der Waals surface area contributed by atoms with Crippen molar-refractivity contribution in [3.05, 3.63) is 0 Å². The van der Waals surface area contributed by atoms with Gasteiger partial charge < -0.3 is 10.8 Å². The number of rotatable bonds is 14. The van der Waals surface area contributed by atoms with E-state index in [1.165, 1.54) is 0 Å². The molecule has 0 amide bonds. The predicted molar refractivity (Wildman–Crippen MR) is 94.6 cm³/mol. The third-order valence-electron chi connectivity index (χ3n) is 5.81. The average Bonchev–Trinajstić information content (AvgIpc) is 2.79. The van der Waals surface area contributed by atoms with E-state index in [-0.39, 0.29) is 0 Å². The zero-order valence-electron chi connectivity index (χ0n) is 20.3. The van der Waals surface area contributed by atoms with Gasteiger partial charge in [-0.3, -0.25) is 0 Å². The van der Waals surface area contributed by atoms with Crippen molar-refractivity contribution in [2.24, 2.45) is 10.8 Å². The molecule has 0 spiro atoms. The van der Waals surface area contributed by atoms with Gasteiger partial charge in [-0.25, -0.2) is 0 Å². The minimum atomic E-state index is -8.37. The zero-order valence-corrected chi connectivity index (χ0v) is 21.3. The van der Waals surface area contributed by atoms with E-state index in [1.807, 2.05) is 0 Å². The summed E-state index contributed by atoms with van der Waals surface area (Å²) in [6.45, 7) is 0. The van der Waals surface area contributed by atoms with E-state index < -0.39 is 105 Å². The maximum Gasteiger partial charge on any atom is 0.460 e. The molecule has 0 aliphatic carbocycles. The van der Waals surface area contributed by atoms with Gasteiger partial charge >= 0.3 is 71.6 Å². The fourth-order valence-corrected chi connectivity index (χ4v) is 4.63. The van der Waals surface area contributed by atoms with Crippen LogP contribution in [-0.4, -0.2) is 80.0 Å². The Bertz CT molecular complexity index is 959. The third-order valence-corrected chi connectivity index (χ3v) is 8.17. The maximum atomic E-state index is 13.8. The molecule has 0 radical (unpaired) electrons. The first-order valence-corrected chi connectivity index (χ1v) is 13.0. The summed E-state index contributed by atoms with van der Waals surface area (Å²) in [6.07, 6.45) is -22.1. The summed E-state index contributed by atoms with van der Waals surface area (Å²) in [5.41, 5.74) is 0. The van der Waals surface area contributed by atoms with Crippen LogP contribution in [0.4, 0.5) is 114 Å². The highest BCUT2D eigenvalue weighted by Gasteiger charge is 2.92. The Labute approximate surface area is 231 Å². The molecule has 0 aromatic rings. The van der Waals surface area contributed by atoms with Gasteiger partial charge in [-0.05, 0) is 12.1 Å². The number of hydrogen-bond donors (Lipinski definition) is 2. The van der Waals surface area contributed by atoms with Crippen LogP contribution in [0, 0.1) is 0 Å². The van der Waals surface area contributed by atoms with E-state index >= 15 is 0 Å². The molecule has 2 nitrogen and oxygen atoms in total. The molecule has 0 bridgehead atoms. The molecule has 0 rings (SSSR count). The monoisotopic (exact) mass is 754 g/mol. The summed E-state index contributed by atoms with van der Waals surface area (Å²) in [5, 5.41) is 9.62. The van der Waals surface area contributed by atoms with Crippen molar-refractivity contribution in [1.29, 1.82) is 0 Å². The van der Waals surface area contributed by atoms with Crippen LogP contribution in [0.5, 0.6) is 0 Å². The van der Waals surface area contributed by atoms with Crippen molar-refractivity contribution < 1.29 is 114 Å². The number of alkyl halides is 26. The summed E-state index contributed by atoms with van der Waals surface area (Å²) in [6, 6.07) is -4.87. The Balaban J connectivity index is 6.20. The average molecular weight is 754 g/mol. The molecule has 45 heavy (non-hydrogen) atoms. The molecule has 0 saturated heterocycles. The van der Waals surface area contributed by atoms with Crippen LogP contribution < -0.4 is 10.8 Å². The van der Waals surface area contributed by atoms with Crippen molar-refractivity contribution in [1.82, 2.24) is 0 Å². The van der Waals surface area contributed by atoms with Crippen molar-refractivity contribution in [2.45, 2.75) is 96.5 Å². The van der Waals surface area contributed by atoms with Crippen LogP contribution >= 0.6 is 0 Å². The Kier molecular flexibility index (Phi) is 10.8. The van der Waals surface area contributed by atoms with Gasteiger partial charge in [-0.15, -0.1) is 0 Å².